The van der Waals surface area contributed by atoms with Crippen molar-refractivity contribution in [1.29, 1.82) is 0 Å². The van der Waals surface area contributed by atoms with Gasteiger partial charge in [0, 0.05) is 36.9 Å². The number of fused-ring (bicyclic) bond motifs is 1. The molecule has 1 fully saturated rings. The first-order valence-electron chi connectivity index (χ1n) is 6.72. The highest BCUT2D eigenvalue weighted by molar-refractivity contribution is 7.89. The molecule has 0 saturated carbocycles. The van der Waals surface area contributed by atoms with Crippen molar-refractivity contribution in [3.8, 4) is 0 Å². The van der Waals surface area contributed by atoms with E-state index >= 15 is 0 Å². The van der Waals surface area contributed by atoms with E-state index in [1.54, 1.807) is 22.6 Å². The minimum absolute atomic E-state index is 0. The van der Waals surface area contributed by atoms with Crippen molar-refractivity contribution >= 4 is 33.5 Å². The van der Waals surface area contributed by atoms with Gasteiger partial charge in [0.1, 0.15) is 10.5 Å². The second-order valence-corrected chi connectivity index (χ2v) is 6.95. The number of pyridine rings is 1. The summed E-state index contributed by atoms with van der Waals surface area (Å²) in [5.74, 6) is 0. The number of nitrogens with zero attached hydrogens (tertiary/aromatic N) is 2. The summed E-state index contributed by atoms with van der Waals surface area (Å²) in [6, 6.07) is 3.76. The molecular formula is C13H19ClN4O2S. The number of hydrogen-bond donors (Lipinski definition) is 2. The van der Waals surface area contributed by atoms with Crippen LogP contribution in [0.1, 0.15) is 12.8 Å². The Hall–Kier alpha value is -1.15. The van der Waals surface area contributed by atoms with Crippen LogP contribution in [0.15, 0.2) is 29.4 Å². The molecule has 0 bridgehead atoms. The molecule has 2 aromatic heterocycles. The van der Waals surface area contributed by atoms with E-state index in [1.807, 2.05) is 7.05 Å². The minimum atomic E-state index is -3.47. The lowest BCUT2D eigenvalue weighted by atomic mass is 10.1. The highest BCUT2D eigenvalue weighted by Crippen LogP contribution is 2.26. The minimum Gasteiger partial charge on any atom is -0.345 e. The molecule has 21 heavy (non-hydrogen) atoms. The molecule has 6 nitrogen and oxygen atoms in total. The monoisotopic (exact) mass is 330 g/mol. The predicted octanol–water partition coefficient (Wildman–Crippen LogP) is 1.36. The summed E-state index contributed by atoms with van der Waals surface area (Å²) in [7, 11) is -1.59. The van der Waals surface area contributed by atoms with Crippen molar-refractivity contribution in [2.75, 3.05) is 20.1 Å². The van der Waals surface area contributed by atoms with Gasteiger partial charge in [-0.3, -0.25) is 0 Å². The first kappa shape index (κ1) is 16.2. The largest absolute Gasteiger partial charge is 0.345 e. The van der Waals surface area contributed by atoms with Gasteiger partial charge in [0.25, 0.3) is 0 Å². The van der Waals surface area contributed by atoms with Crippen molar-refractivity contribution in [2.45, 2.75) is 23.8 Å². The van der Waals surface area contributed by atoms with Crippen LogP contribution in [0.4, 0.5) is 0 Å². The van der Waals surface area contributed by atoms with Crippen LogP contribution in [-0.4, -0.2) is 48.9 Å². The van der Waals surface area contributed by atoms with Gasteiger partial charge in [0.15, 0.2) is 0 Å². The van der Waals surface area contributed by atoms with E-state index in [1.165, 1.54) is 6.20 Å². The molecule has 1 aliphatic rings. The molecule has 0 spiro atoms. The standard InChI is InChI=1S/C13H18N4O2S.ClH/c1-14-10-4-3-7-17(9-10)20(18,19)12-8-16-13-11(12)5-2-6-15-13;/h2,5-6,8,10,14H,3-4,7,9H2,1H3,(H,15,16);1H. The van der Waals surface area contributed by atoms with Crippen LogP contribution >= 0.6 is 12.4 Å². The molecule has 116 valence electrons. The van der Waals surface area contributed by atoms with Crippen molar-refractivity contribution < 1.29 is 8.42 Å². The van der Waals surface area contributed by atoms with Gasteiger partial charge in [-0.2, -0.15) is 4.31 Å². The lowest BCUT2D eigenvalue weighted by molar-refractivity contribution is 0.293. The lowest BCUT2D eigenvalue weighted by Gasteiger charge is -2.31. The Bertz CT molecular complexity index is 716. The quantitative estimate of drug-likeness (QED) is 0.890. The van der Waals surface area contributed by atoms with E-state index in [0.29, 0.717) is 29.0 Å². The zero-order valence-corrected chi connectivity index (χ0v) is 13.4. The Morgan fingerprint density at radius 2 is 2.29 bits per heavy atom. The number of piperidine rings is 1. The molecule has 1 saturated heterocycles. The van der Waals surface area contributed by atoms with E-state index in [9.17, 15) is 8.42 Å². The number of aromatic nitrogens is 2. The van der Waals surface area contributed by atoms with Gasteiger partial charge >= 0.3 is 0 Å². The molecule has 0 aliphatic carbocycles. The summed E-state index contributed by atoms with van der Waals surface area (Å²) < 4.78 is 27.1. The first-order valence-corrected chi connectivity index (χ1v) is 8.16. The van der Waals surface area contributed by atoms with Gasteiger partial charge in [-0.15, -0.1) is 12.4 Å². The third kappa shape index (κ3) is 2.91. The van der Waals surface area contributed by atoms with E-state index in [0.717, 1.165) is 12.8 Å². The Morgan fingerprint density at radius 3 is 3.05 bits per heavy atom. The van der Waals surface area contributed by atoms with Crippen LogP contribution < -0.4 is 5.32 Å². The van der Waals surface area contributed by atoms with Gasteiger partial charge < -0.3 is 10.3 Å². The van der Waals surface area contributed by atoms with Crippen molar-refractivity contribution in [1.82, 2.24) is 19.6 Å². The van der Waals surface area contributed by atoms with Crippen molar-refractivity contribution in [2.24, 2.45) is 0 Å². The third-order valence-electron chi connectivity index (χ3n) is 3.82. The second kappa shape index (κ2) is 6.31. The smallest absolute Gasteiger partial charge is 0.245 e. The number of nitrogens with one attached hydrogen (secondary N) is 2. The number of sulfonamides is 1. The van der Waals surface area contributed by atoms with E-state index in [2.05, 4.69) is 15.3 Å². The summed E-state index contributed by atoms with van der Waals surface area (Å²) in [5.41, 5.74) is 0.605. The molecule has 3 heterocycles. The zero-order valence-electron chi connectivity index (χ0n) is 11.7. The molecule has 0 radical (unpaired) electrons. The highest BCUT2D eigenvalue weighted by atomic mass is 35.5. The van der Waals surface area contributed by atoms with Gasteiger partial charge in [0.2, 0.25) is 10.0 Å². The van der Waals surface area contributed by atoms with E-state index in [4.69, 9.17) is 0 Å². The molecule has 8 heteroatoms. The van der Waals surface area contributed by atoms with Crippen LogP contribution in [0.25, 0.3) is 11.0 Å². The molecule has 3 rings (SSSR count). The number of H-pyrrole nitrogens is 1. The fourth-order valence-corrected chi connectivity index (χ4v) is 4.35. The van der Waals surface area contributed by atoms with Crippen molar-refractivity contribution in [3.63, 3.8) is 0 Å². The molecule has 1 aliphatic heterocycles. The summed E-state index contributed by atoms with van der Waals surface area (Å²) in [4.78, 5) is 7.38. The van der Waals surface area contributed by atoms with Gasteiger partial charge in [-0.25, -0.2) is 13.4 Å². The fraction of sp³-hybridized carbons (Fsp3) is 0.462. The average molecular weight is 331 g/mol. The molecule has 2 aromatic rings. The third-order valence-corrected chi connectivity index (χ3v) is 5.73. The molecule has 1 atom stereocenters. The van der Waals surface area contributed by atoms with E-state index in [-0.39, 0.29) is 18.4 Å². The SMILES string of the molecule is CNC1CCCN(S(=O)(=O)c2c[nH]c3ncccc23)C1.Cl. The molecule has 1 unspecified atom stereocenters. The predicted molar refractivity (Wildman–Crippen MR) is 84.2 cm³/mol. The Kier molecular flexibility index (Phi) is 4.88. The average Bonchev–Trinajstić information content (AvgIpc) is 2.92. The van der Waals surface area contributed by atoms with Crippen LogP contribution in [-0.2, 0) is 10.0 Å². The maximum absolute atomic E-state index is 12.8. The fourth-order valence-electron chi connectivity index (χ4n) is 2.68. The van der Waals surface area contributed by atoms with Crippen LogP contribution in [0.3, 0.4) is 0 Å². The molecular weight excluding hydrogens is 312 g/mol. The zero-order chi connectivity index (χ0) is 14.2. The molecule has 0 amide bonds. The Morgan fingerprint density at radius 1 is 1.48 bits per heavy atom. The van der Waals surface area contributed by atoms with Gasteiger partial charge in [-0.1, -0.05) is 0 Å². The first-order chi connectivity index (χ1) is 9.63. The number of rotatable bonds is 3. The Balaban J connectivity index is 0.00000161. The van der Waals surface area contributed by atoms with E-state index < -0.39 is 10.0 Å². The summed E-state index contributed by atoms with van der Waals surface area (Å²) in [5, 5.41) is 3.81. The normalized spacial score (nSPS) is 20.3. The molecule has 0 aromatic carbocycles. The highest BCUT2D eigenvalue weighted by Gasteiger charge is 2.31. The number of hydrogen-bond acceptors (Lipinski definition) is 4. The number of aromatic amines is 1. The maximum atomic E-state index is 12.8. The number of halogens is 1. The topological polar surface area (TPSA) is 78.1 Å². The molecule has 2 N–H and O–H groups in total. The lowest BCUT2D eigenvalue weighted by Crippen LogP contribution is -2.46. The summed E-state index contributed by atoms with van der Waals surface area (Å²) in [6.45, 7) is 1.10. The summed E-state index contributed by atoms with van der Waals surface area (Å²) >= 11 is 0. The van der Waals surface area contributed by atoms with Gasteiger partial charge in [-0.05, 0) is 32.0 Å². The maximum Gasteiger partial charge on any atom is 0.245 e. The van der Waals surface area contributed by atoms with Crippen LogP contribution in [0.2, 0.25) is 0 Å². The second-order valence-electron chi connectivity index (χ2n) is 5.04. The summed E-state index contributed by atoms with van der Waals surface area (Å²) in [6.07, 6.45) is 5.08. The van der Waals surface area contributed by atoms with Crippen LogP contribution in [0, 0.1) is 0 Å². The van der Waals surface area contributed by atoms with Gasteiger partial charge in [0.05, 0.1) is 0 Å². The number of likely N-dealkylation sites (N-methyl/N-ethyl adjacent to an activating group) is 1. The van der Waals surface area contributed by atoms with Crippen LogP contribution in [0.5, 0.6) is 0 Å². The van der Waals surface area contributed by atoms with Crippen molar-refractivity contribution in [3.05, 3.63) is 24.5 Å². The Labute approximate surface area is 130 Å².